The number of hydrogen-bond donors (Lipinski definition) is 1. The molecule has 1 aliphatic carbocycles. The number of para-hydroxylation sites is 1. The van der Waals surface area contributed by atoms with Crippen LogP contribution in [0, 0.1) is 0 Å². The molecule has 2 aromatic rings. The van der Waals surface area contributed by atoms with E-state index in [-0.39, 0.29) is 5.91 Å². The van der Waals surface area contributed by atoms with E-state index in [0.717, 1.165) is 19.3 Å². The van der Waals surface area contributed by atoms with Crippen LogP contribution in [0.1, 0.15) is 42.5 Å². The van der Waals surface area contributed by atoms with E-state index in [0.29, 0.717) is 29.1 Å². The SMILES string of the molecule is O=C(c1ccc(Cl)cc1)N(c1ccccc1)C1(C(=O)O)CCCCC1. The molecule has 4 nitrogen and oxygen atoms in total. The van der Waals surface area contributed by atoms with Gasteiger partial charge in [-0.2, -0.15) is 0 Å². The van der Waals surface area contributed by atoms with Gasteiger partial charge in [-0.15, -0.1) is 0 Å². The third kappa shape index (κ3) is 3.40. The van der Waals surface area contributed by atoms with Crippen LogP contribution in [0.2, 0.25) is 5.02 Å². The Morgan fingerprint density at radius 3 is 2.08 bits per heavy atom. The Morgan fingerprint density at radius 2 is 1.52 bits per heavy atom. The molecular weight excluding hydrogens is 338 g/mol. The normalized spacial score (nSPS) is 16.2. The fourth-order valence-electron chi connectivity index (χ4n) is 3.53. The number of nitrogens with zero attached hydrogens (tertiary/aromatic N) is 1. The molecule has 2 aromatic carbocycles. The average molecular weight is 358 g/mol. The van der Waals surface area contributed by atoms with Crippen molar-refractivity contribution in [2.24, 2.45) is 0 Å². The highest BCUT2D eigenvalue weighted by Gasteiger charge is 2.48. The maximum atomic E-state index is 13.3. The first-order valence-corrected chi connectivity index (χ1v) is 8.81. The molecule has 5 heteroatoms. The highest BCUT2D eigenvalue weighted by atomic mass is 35.5. The van der Waals surface area contributed by atoms with Gasteiger partial charge in [-0.1, -0.05) is 49.1 Å². The predicted octanol–water partition coefficient (Wildman–Crippen LogP) is 4.77. The van der Waals surface area contributed by atoms with E-state index in [1.165, 1.54) is 4.90 Å². The molecule has 0 spiro atoms. The molecule has 0 radical (unpaired) electrons. The van der Waals surface area contributed by atoms with Crippen molar-refractivity contribution >= 4 is 29.2 Å². The highest BCUT2D eigenvalue weighted by Crippen LogP contribution is 2.38. The number of halogens is 1. The second-order valence-corrected chi connectivity index (χ2v) is 6.82. The number of carboxylic acids is 1. The van der Waals surface area contributed by atoms with Gasteiger partial charge < -0.3 is 5.11 Å². The van der Waals surface area contributed by atoms with Gasteiger partial charge in [0.2, 0.25) is 0 Å². The lowest BCUT2D eigenvalue weighted by molar-refractivity contribution is -0.144. The van der Waals surface area contributed by atoms with Gasteiger partial charge in [0.25, 0.3) is 5.91 Å². The van der Waals surface area contributed by atoms with Gasteiger partial charge in [0.15, 0.2) is 0 Å². The monoisotopic (exact) mass is 357 g/mol. The lowest BCUT2D eigenvalue weighted by atomic mass is 9.79. The highest BCUT2D eigenvalue weighted by molar-refractivity contribution is 6.30. The lowest BCUT2D eigenvalue weighted by Crippen LogP contribution is -2.58. The average Bonchev–Trinajstić information content (AvgIpc) is 2.64. The number of hydrogen-bond acceptors (Lipinski definition) is 2. The van der Waals surface area contributed by atoms with Gasteiger partial charge in [-0.25, -0.2) is 4.79 Å². The molecule has 1 fully saturated rings. The van der Waals surface area contributed by atoms with Crippen LogP contribution in [0.15, 0.2) is 54.6 Å². The van der Waals surface area contributed by atoms with Crippen LogP contribution in [0.4, 0.5) is 5.69 Å². The Labute approximate surface area is 152 Å². The Balaban J connectivity index is 2.11. The Bertz CT molecular complexity index is 752. The lowest BCUT2D eigenvalue weighted by Gasteiger charge is -2.43. The largest absolute Gasteiger partial charge is 0.479 e. The van der Waals surface area contributed by atoms with E-state index in [1.54, 1.807) is 36.4 Å². The Morgan fingerprint density at radius 1 is 0.920 bits per heavy atom. The van der Waals surface area contributed by atoms with E-state index < -0.39 is 11.5 Å². The van der Waals surface area contributed by atoms with Crippen molar-refractivity contribution in [2.75, 3.05) is 4.90 Å². The van der Waals surface area contributed by atoms with Crippen LogP contribution in [-0.4, -0.2) is 22.5 Å². The maximum Gasteiger partial charge on any atom is 0.330 e. The standard InChI is InChI=1S/C20H20ClNO3/c21-16-11-9-15(10-12-16)18(23)22(17-7-3-1-4-8-17)20(19(24)25)13-5-2-6-14-20/h1,3-4,7-12H,2,5-6,13-14H2,(H,24,25). The minimum Gasteiger partial charge on any atom is -0.479 e. The van der Waals surface area contributed by atoms with E-state index in [2.05, 4.69) is 0 Å². The third-order valence-corrected chi connectivity index (χ3v) is 5.07. The van der Waals surface area contributed by atoms with E-state index in [4.69, 9.17) is 11.6 Å². The summed E-state index contributed by atoms with van der Waals surface area (Å²) in [4.78, 5) is 27.0. The fraction of sp³-hybridized carbons (Fsp3) is 0.300. The van der Waals surface area contributed by atoms with Gasteiger partial charge in [0, 0.05) is 16.3 Å². The molecule has 1 saturated carbocycles. The number of carboxylic acid groups (broad SMARTS) is 1. The topological polar surface area (TPSA) is 57.6 Å². The van der Waals surface area contributed by atoms with Crippen LogP contribution in [0.5, 0.6) is 0 Å². The summed E-state index contributed by atoms with van der Waals surface area (Å²) in [7, 11) is 0. The van der Waals surface area contributed by atoms with Crippen LogP contribution in [0.3, 0.4) is 0 Å². The predicted molar refractivity (Wildman–Crippen MR) is 98.2 cm³/mol. The molecule has 0 aliphatic heterocycles. The number of rotatable bonds is 4. The van der Waals surface area contributed by atoms with Crippen LogP contribution in [-0.2, 0) is 4.79 Å². The van der Waals surface area contributed by atoms with Crippen LogP contribution in [0.25, 0.3) is 0 Å². The van der Waals surface area contributed by atoms with Gasteiger partial charge in [-0.05, 0) is 49.2 Å². The van der Waals surface area contributed by atoms with Gasteiger partial charge >= 0.3 is 5.97 Å². The second-order valence-electron chi connectivity index (χ2n) is 6.38. The zero-order valence-corrected chi connectivity index (χ0v) is 14.6. The fourth-order valence-corrected chi connectivity index (χ4v) is 3.65. The number of amides is 1. The summed E-state index contributed by atoms with van der Waals surface area (Å²) in [5.74, 6) is -1.26. The van der Waals surface area contributed by atoms with E-state index in [9.17, 15) is 14.7 Å². The van der Waals surface area contributed by atoms with Gasteiger partial charge in [0.05, 0.1) is 0 Å². The molecule has 3 rings (SSSR count). The first-order chi connectivity index (χ1) is 12.0. The van der Waals surface area contributed by atoms with Gasteiger partial charge in [-0.3, -0.25) is 9.69 Å². The second kappa shape index (κ2) is 7.28. The van der Waals surface area contributed by atoms with Crippen molar-refractivity contribution in [1.29, 1.82) is 0 Å². The molecule has 1 N–H and O–H groups in total. The Hall–Kier alpha value is -2.33. The first kappa shape index (κ1) is 17.5. The maximum absolute atomic E-state index is 13.3. The van der Waals surface area contributed by atoms with Crippen molar-refractivity contribution in [3.05, 3.63) is 65.2 Å². The summed E-state index contributed by atoms with van der Waals surface area (Å²) in [5, 5.41) is 10.6. The summed E-state index contributed by atoms with van der Waals surface area (Å²) < 4.78 is 0. The smallest absolute Gasteiger partial charge is 0.330 e. The molecule has 0 bridgehead atoms. The molecule has 0 aromatic heterocycles. The van der Waals surface area contributed by atoms with Crippen LogP contribution < -0.4 is 4.90 Å². The van der Waals surface area contributed by atoms with Crippen molar-refractivity contribution in [1.82, 2.24) is 0 Å². The zero-order valence-electron chi connectivity index (χ0n) is 13.8. The summed E-state index contributed by atoms with van der Waals surface area (Å²) in [6, 6.07) is 15.6. The number of carbonyl (C=O) groups excluding carboxylic acids is 1. The summed E-state index contributed by atoms with van der Waals surface area (Å²) in [6.45, 7) is 0. The van der Waals surface area contributed by atoms with Crippen LogP contribution >= 0.6 is 11.6 Å². The molecule has 1 amide bonds. The number of anilines is 1. The summed E-state index contributed by atoms with van der Waals surface area (Å²) in [5.41, 5.74) is -0.178. The third-order valence-electron chi connectivity index (χ3n) is 4.82. The zero-order chi connectivity index (χ0) is 17.9. The van der Waals surface area contributed by atoms with E-state index in [1.807, 2.05) is 18.2 Å². The molecular formula is C20H20ClNO3. The molecule has 0 saturated heterocycles. The number of benzene rings is 2. The quantitative estimate of drug-likeness (QED) is 0.857. The minimum atomic E-state index is -1.21. The van der Waals surface area contributed by atoms with Gasteiger partial charge in [0.1, 0.15) is 5.54 Å². The van der Waals surface area contributed by atoms with Crippen molar-refractivity contribution in [3.8, 4) is 0 Å². The molecule has 1 aliphatic rings. The van der Waals surface area contributed by atoms with Crippen molar-refractivity contribution in [3.63, 3.8) is 0 Å². The molecule has 0 unspecified atom stereocenters. The summed E-state index contributed by atoms with van der Waals surface area (Å²) >= 11 is 5.92. The summed E-state index contributed by atoms with van der Waals surface area (Å²) in [6.07, 6.45) is 3.49. The molecule has 130 valence electrons. The van der Waals surface area contributed by atoms with Crippen molar-refractivity contribution < 1.29 is 14.7 Å². The number of carbonyl (C=O) groups is 2. The minimum absolute atomic E-state index is 0.313. The van der Waals surface area contributed by atoms with E-state index >= 15 is 0 Å². The van der Waals surface area contributed by atoms with Crippen molar-refractivity contribution in [2.45, 2.75) is 37.6 Å². The first-order valence-electron chi connectivity index (χ1n) is 8.43. The Kier molecular flexibility index (Phi) is 5.09. The molecule has 0 heterocycles. The number of aliphatic carboxylic acids is 1. The molecule has 0 atom stereocenters. The molecule has 25 heavy (non-hydrogen) atoms.